The van der Waals surface area contributed by atoms with Crippen molar-refractivity contribution in [1.29, 1.82) is 0 Å². The second-order valence-electron chi connectivity index (χ2n) is 6.58. The van der Waals surface area contributed by atoms with Gasteiger partial charge < -0.3 is 20.1 Å². The van der Waals surface area contributed by atoms with Gasteiger partial charge in [-0.05, 0) is 63.2 Å². The van der Waals surface area contributed by atoms with Crippen molar-refractivity contribution in [2.45, 2.75) is 26.4 Å². The molecule has 0 heterocycles. The molecular weight excluding hydrogens is 392 g/mol. The van der Waals surface area contributed by atoms with Crippen molar-refractivity contribution in [1.82, 2.24) is 0 Å². The highest BCUT2D eigenvalue weighted by Gasteiger charge is 2.18. The molecule has 8 heteroatoms. The predicted molar refractivity (Wildman–Crippen MR) is 110 cm³/mol. The Balaban J connectivity index is 0.000000535. The number of carbonyl (C=O) groups excluding carboxylic acids is 1. The van der Waals surface area contributed by atoms with E-state index in [1.54, 1.807) is 20.8 Å². The van der Waals surface area contributed by atoms with Gasteiger partial charge in [-0.3, -0.25) is 0 Å². The minimum absolute atomic E-state index is 0.0726. The molecule has 2 rings (SSSR count). The lowest BCUT2D eigenvalue weighted by Crippen LogP contribution is -2.24. The number of hydrogen-bond donors (Lipinski definition) is 3. The summed E-state index contributed by atoms with van der Waals surface area (Å²) in [6.07, 6.45) is 0. The Morgan fingerprint density at radius 1 is 0.700 bits per heavy atom. The summed E-state index contributed by atoms with van der Waals surface area (Å²) in [5, 5.41) is 25.7. The quantitative estimate of drug-likeness (QED) is 0.497. The maximum atomic E-state index is 11.6. The van der Waals surface area contributed by atoms with Gasteiger partial charge in [0.15, 0.2) is 0 Å². The molecule has 0 saturated carbocycles. The molecule has 0 aliphatic carbocycles. The molecule has 2 aromatic carbocycles. The van der Waals surface area contributed by atoms with Crippen molar-refractivity contribution >= 4 is 23.9 Å². The van der Waals surface area contributed by atoms with Gasteiger partial charge in [-0.25, -0.2) is 19.2 Å². The van der Waals surface area contributed by atoms with Crippen LogP contribution >= 0.6 is 0 Å². The van der Waals surface area contributed by atoms with Crippen LogP contribution in [-0.2, 0) is 4.74 Å². The van der Waals surface area contributed by atoms with Crippen LogP contribution in [0.3, 0.4) is 0 Å². The third-order valence-electron chi connectivity index (χ3n) is 3.12. The fourth-order valence-corrected chi connectivity index (χ4v) is 1.87. The van der Waals surface area contributed by atoms with Crippen molar-refractivity contribution in [2.75, 3.05) is 0 Å². The molecule has 0 saturated heterocycles. The lowest BCUT2D eigenvalue weighted by Gasteiger charge is -2.19. The zero-order valence-electron chi connectivity index (χ0n) is 16.9. The van der Waals surface area contributed by atoms with E-state index in [0.717, 1.165) is 0 Å². The molecule has 0 fully saturated rings. The van der Waals surface area contributed by atoms with Gasteiger partial charge in [0.05, 0.1) is 22.3 Å². The number of carboxylic acid groups (broad SMARTS) is 3. The van der Waals surface area contributed by atoms with Crippen molar-refractivity contribution < 1.29 is 39.2 Å². The Labute approximate surface area is 174 Å². The van der Waals surface area contributed by atoms with Gasteiger partial charge in [-0.2, -0.15) is 0 Å². The average Bonchev–Trinajstić information content (AvgIpc) is 2.69. The average molecular weight is 416 g/mol. The first-order chi connectivity index (χ1) is 13.9. The Hall–Kier alpha value is -3.94. The maximum Gasteiger partial charge on any atom is 0.338 e. The minimum atomic E-state index is -1.06. The number of carboxylic acids is 3. The zero-order chi connectivity index (χ0) is 23.5. The Morgan fingerprint density at radius 2 is 1.07 bits per heavy atom. The summed E-state index contributed by atoms with van der Waals surface area (Å²) in [4.78, 5) is 43.0. The van der Waals surface area contributed by atoms with Crippen LogP contribution in [0.5, 0.6) is 0 Å². The van der Waals surface area contributed by atoms with Crippen molar-refractivity contribution in [2.24, 2.45) is 0 Å². The molecule has 3 N–H and O–H groups in total. The fourth-order valence-electron chi connectivity index (χ4n) is 1.87. The van der Waals surface area contributed by atoms with E-state index in [0.29, 0.717) is 0 Å². The topological polar surface area (TPSA) is 138 Å². The summed E-state index contributed by atoms with van der Waals surface area (Å²) >= 11 is 0. The molecule has 0 bridgehead atoms. The van der Waals surface area contributed by atoms with Gasteiger partial charge >= 0.3 is 23.9 Å². The molecule has 0 spiro atoms. The highest BCUT2D eigenvalue weighted by Crippen LogP contribution is 2.13. The molecule has 0 unspecified atom stereocenters. The van der Waals surface area contributed by atoms with Gasteiger partial charge in [0.25, 0.3) is 0 Å². The number of benzene rings is 2. The second kappa shape index (κ2) is 11.8. The number of esters is 1. The van der Waals surface area contributed by atoms with Crippen LogP contribution < -0.4 is 0 Å². The fraction of sp³-hybridized carbons (Fsp3) is 0.182. The van der Waals surface area contributed by atoms with Gasteiger partial charge in [0.2, 0.25) is 0 Å². The molecule has 8 nitrogen and oxygen atoms in total. The van der Waals surface area contributed by atoms with Crippen molar-refractivity contribution in [3.63, 3.8) is 0 Å². The Kier molecular flexibility index (Phi) is 10.3. The maximum absolute atomic E-state index is 11.6. The van der Waals surface area contributed by atoms with E-state index in [9.17, 15) is 19.2 Å². The van der Waals surface area contributed by atoms with Crippen LogP contribution in [0.25, 0.3) is 0 Å². The van der Waals surface area contributed by atoms with Crippen LogP contribution in [0.2, 0.25) is 0 Å². The van der Waals surface area contributed by atoms with Crippen LogP contribution in [0, 0.1) is 0 Å². The van der Waals surface area contributed by atoms with E-state index in [4.69, 9.17) is 20.1 Å². The summed E-state index contributed by atoms with van der Waals surface area (Å²) in [7, 11) is 0. The van der Waals surface area contributed by atoms with Crippen molar-refractivity contribution in [3.8, 4) is 0 Å². The first-order valence-electron chi connectivity index (χ1n) is 8.54. The SMILES string of the molecule is C=C.CC(C)(C)OC(=O)c1cccc(C(=O)O)c1.O=C(O)c1ccc(C(=O)O)cc1. The predicted octanol–water partition coefficient (Wildman–Crippen LogP) is 4.23. The molecule has 0 amide bonds. The molecule has 0 atom stereocenters. The molecule has 2 aromatic rings. The summed E-state index contributed by atoms with van der Waals surface area (Å²) in [6.45, 7) is 11.3. The highest BCUT2D eigenvalue weighted by atomic mass is 16.6. The van der Waals surface area contributed by atoms with E-state index in [1.165, 1.54) is 48.5 Å². The zero-order valence-corrected chi connectivity index (χ0v) is 16.9. The first kappa shape index (κ1) is 26.1. The number of hydrogen-bond acceptors (Lipinski definition) is 5. The van der Waals surface area contributed by atoms with E-state index in [1.807, 2.05) is 0 Å². The molecule has 0 aliphatic heterocycles. The van der Waals surface area contributed by atoms with Gasteiger partial charge in [-0.1, -0.05) is 6.07 Å². The first-order valence-corrected chi connectivity index (χ1v) is 8.54. The van der Waals surface area contributed by atoms with E-state index in [-0.39, 0.29) is 22.3 Å². The molecular formula is C22H24O8. The smallest absolute Gasteiger partial charge is 0.338 e. The molecule has 0 aliphatic rings. The molecule has 160 valence electrons. The van der Waals surface area contributed by atoms with Crippen molar-refractivity contribution in [3.05, 3.63) is 83.9 Å². The summed E-state index contributed by atoms with van der Waals surface area (Å²) in [6, 6.07) is 10.8. The normalized spacial score (nSPS) is 9.70. The standard InChI is InChI=1S/C12H14O4.C8H6O4.C2H4/c1-12(2,3)16-11(15)9-6-4-5-8(7-9)10(13)14;9-7(10)5-1-2-6(4-3-5)8(11)12;1-2/h4-7H,1-3H3,(H,13,14);1-4H,(H,9,10)(H,11,12);1-2H2. The number of ether oxygens (including phenoxy) is 1. The third kappa shape index (κ3) is 9.32. The van der Waals surface area contributed by atoms with Crippen LogP contribution in [-0.4, -0.2) is 44.8 Å². The number of rotatable bonds is 4. The summed E-state index contributed by atoms with van der Waals surface area (Å²) in [5.41, 5.74) is -0.103. The van der Waals surface area contributed by atoms with Gasteiger partial charge in [0.1, 0.15) is 5.60 Å². The lowest BCUT2D eigenvalue weighted by molar-refractivity contribution is 0.00691. The number of aromatic carboxylic acids is 3. The molecule has 30 heavy (non-hydrogen) atoms. The summed E-state index contributed by atoms with van der Waals surface area (Å²) in [5.74, 6) is -3.71. The molecule has 0 aromatic heterocycles. The highest BCUT2D eigenvalue weighted by molar-refractivity contribution is 5.94. The van der Waals surface area contributed by atoms with Gasteiger partial charge in [0, 0.05) is 0 Å². The Morgan fingerprint density at radius 3 is 1.40 bits per heavy atom. The van der Waals surface area contributed by atoms with Crippen LogP contribution in [0.1, 0.15) is 62.2 Å². The lowest BCUT2D eigenvalue weighted by atomic mass is 10.1. The molecule has 0 radical (unpaired) electrons. The monoisotopic (exact) mass is 416 g/mol. The number of carbonyl (C=O) groups is 4. The summed E-state index contributed by atoms with van der Waals surface area (Å²) < 4.78 is 5.13. The minimum Gasteiger partial charge on any atom is -0.478 e. The van der Waals surface area contributed by atoms with E-state index < -0.39 is 29.5 Å². The Bertz CT molecular complexity index is 859. The largest absolute Gasteiger partial charge is 0.478 e. The van der Waals surface area contributed by atoms with E-state index >= 15 is 0 Å². The third-order valence-corrected chi connectivity index (χ3v) is 3.12. The van der Waals surface area contributed by atoms with Crippen LogP contribution in [0.4, 0.5) is 0 Å². The van der Waals surface area contributed by atoms with Gasteiger partial charge in [-0.15, -0.1) is 13.2 Å². The second-order valence-corrected chi connectivity index (χ2v) is 6.58. The van der Waals surface area contributed by atoms with E-state index in [2.05, 4.69) is 13.2 Å². The van der Waals surface area contributed by atoms with Crippen LogP contribution in [0.15, 0.2) is 61.7 Å².